The molecule has 18 heavy (non-hydrogen) atoms. The van der Waals surface area contributed by atoms with E-state index >= 15 is 0 Å². The zero-order valence-electron chi connectivity index (χ0n) is 10.00. The molecule has 0 aliphatic heterocycles. The maximum absolute atomic E-state index is 11.7. The normalized spacial score (nSPS) is 11.9. The highest BCUT2D eigenvalue weighted by atomic mass is 16.4. The predicted octanol–water partition coefficient (Wildman–Crippen LogP) is 0.257. The third-order valence-corrected chi connectivity index (χ3v) is 2.33. The molecule has 1 rings (SSSR count). The number of carboxylic acids is 1. The summed E-state index contributed by atoms with van der Waals surface area (Å²) in [5.74, 6) is -0.578. The van der Waals surface area contributed by atoms with Crippen LogP contribution in [0.2, 0.25) is 0 Å². The number of hydrogen-bond donors (Lipinski definition) is 3. The minimum atomic E-state index is -1.18. The van der Waals surface area contributed by atoms with Gasteiger partial charge in [0.2, 0.25) is 0 Å². The average Bonchev–Trinajstić information content (AvgIpc) is 2.80. The van der Waals surface area contributed by atoms with Crippen LogP contribution in [0.1, 0.15) is 12.2 Å². The number of nitrogens with one attached hydrogen (secondary N) is 1. The van der Waals surface area contributed by atoms with Crippen LogP contribution in [0.25, 0.3) is 0 Å². The molecular weight excluding hydrogens is 240 g/mol. The molecule has 1 aromatic heterocycles. The van der Waals surface area contributed by atoms with Gasteiger partial charge in [-0.15, -0.1) is 0 Å². The van der Waals surface area contributed by atoms with E-state index in [0.717, 1.165) is 0 Å². The summed E-state index contributed by atoms with van der Waals surface area (Å²) in [5, 5.41) is 19.8. The highest BCUT2D eigenvalue weighted by Crippen LogP contribution is 2.04. The fourth-order valence-corrected chi connectivity index (χ4v) is 1.35. The Morgan fingerprint density at radius 2 is 2.28 bits per heavy atom. The van der Waals surface area contributed by atoms with Gasteiger partial charge in [0, 0.05) is 20.1 Å². The van der Waals surface area contributed by atoms with Crippen LogP contribution in [-0.4, -0.2) is 46.8 Å². The number of furan rings is 1. The van der Waals surface area contributed by atoms with Gasteiger partial charge < -0.3 is 24.8 Å². The van der Waals surface area contributed by atoms with Gasteiger partial charge in [-0.2, -0.15) is 0 Å². The van der Waals surface area contributed by atoms with Gasteiger partial charge in [0.25, 0.3) is 0 Å². The van der Waals surface area contributed by atoms with Gasteiger partial charge in [-0.25, -0.2) is 9.59 Å². The number of aliphatic carboxylic acids is 1. The smallest absolute Gasteiger partial charge is 0.326 e. The lowest BCUT2D eigenvalue weighted by Crippen LogP contribution is -2.46. The molecule has 0 aliphatic rings. The van der Waals surface area contributed by atoms with Crippen molar-refractivity contribution in [3.05, 3.63) is 24.2 Å². The SMILES string of the molecule is CN(Cc1ccco1)C(=O)NC(CCO)C(=O)O. The van der Waals surface area contributed by atoms with Crippen LogP contribution in [0, 0.1) is 0 Å². The largest absolute Gasteiger partial charge is 0.480 e. The zero-order chi connectivity index (χ0) is 13.5. The number of aliphatic hydroxyl groups is 1. The number of amides is 2. The molecule has 1 unspecified atom stereocenters. The highest BCUT2D eigenvalue weighted by molar-refractivity contribution is 5.82. The fraction of sp³-hybridized carbons (Fsp3) is 0.455. The fourth-order valence-electron chi connectivity index (χ4n) is 1.35. The van der Waals surface area contributed by atoms with Crippen molar-refractivity contribution in [3.63, 3.8) is 0 Å². The predicted molar refractivity (Wildman–Crippen MR) is 61.8 cm³/mol. The molecule has 0 saturated carbocycles. The first kappa shape index (κ1) is 14.0. The first-order valence-corrected chi connectivity index (χ1v) is 5.42. The van der Waals surface area contributed by atoms with Crippen LogP contribution in [0.15, 0.2) is 22.8 Å². The van der Waals surface area contributed by atoms with E-state index in [1.807, 2.05) is 0 Å². The van der Waals surface area contributed by atoms with E-state index in [9.17, 15) is 9.59 Å². The van der Waals surface area contributed by atoms with Crippen molar-refractivity contribution < 1.29 is 24.2 Å². The second-order valence-electron chi connectivity index (χ2n) is 3.79. The van der Waals surface area contributed by atoms with Gasteiger partial charge in [0.05, 0.1) is 12.8 Å². The van der Waals surface area contributed by atoms with Crippen molar-refractivity contribution in [3.8, 4) is 0 Å². The molecule has 0 fully saturated rings. The maximum Gasteiger partial charge on any atom is 0.326 e. The summed E-state index contributed by atoms with van der Waals surface area (Å²) < 4.78 is 5.08. The Bertz CT molecular complexity index is 390. The third kappa shape index (κ3) is 4.10. The van der Waals surface area contributed by atoms with E-state index in [0.29, 0.717) is 5.76 Å². The molecule has 0 bridgehead atoms. The third-order valence-electron chi connectivity index (χ3n) is 2.33. The van der Waals surface area contributed by atoms with Crippen LogP contribution in [0.5, 0.6) is 0 Å². The van der Waals surface area contributed by atoms with Gasteiger partial charge in [-0.05, 0) is 12.1 Å². The van der Waals surface area contributed by atoms with Crippen LogP contribution in [0.3, 0.4) is 0 Å². The first-order chi connectivity index (χ1) is 8.54. The molecule has 0 spiro atoms. The number of aliphatic hydroxyl groups excluding tert-OH is 1. The Morgan fingerprint density at radius 3 is 2.78 bits per heavy atom. The Morgan fingerprint density at radius 1 is 1.56 bits per heavy atom. The van der Waals surface area contributed by atoms with E-state index in [1.165, 1.54) is 18.2 Å². The second kappa shape index (κ2) is 6.65. The molecule has 1 aromatic rings. The zero-order valence-corrected chi connectivity index (χ0v) is 10.00. The van der Waals surface area contributed by atoms with Gasteiger partial charge >= 0.3 is 12.0 Å². The van der Waals surface area contributed by atoms with Crippen LogP contribution in [-0.2, 0) is 11.3 Å². The van der Waals surface area contributed by atoms with Gasteiger partial charge in [0.1, 0.15) is 11.8 Å². The van der Waals surface area contributed by atoms with Crippen molar-refractivity contribution >= 4 is 12.0 Å². The van der Waals surface area contributed by atoms with E-state index in [-0.39, 0.29) is 19.6 Å². The molecule has 100 valence electrons. The lowest BCUT2D eigenvalue weighted by atomic mass is 10.2. The number of carbonyl (C=O) groups is 2. The molecule has 7 heteroatoms. The van der Waals surface area contributed by atoms with E-state index in [2.05, 4.69) is 5.32 Å². The Balaban J connectivity index is 2.50. The Kier molecular flexibility index (Phi) is 5.19. The molecule has 2 amide bonds. The van der Waals surface area contributed by atoms with Crippen LogP contribution < -0.4 is 5.32 Å². The first-order valence-electron chi connectivity index (χ1n) is 5.42. The number of urea groups is 1. The molecular formula is C11H16N2O5. The monoisotopic (exact) mass is 256 g/mol. The molecule has 0 aromatic carbocycles. The quantitative estimate of drug-likeness (QED) is 0.677. The number of rotatable bonds is 6. The summed E-state index contributed by atoms with van der Waals surface area (Å²) in [6.07, 6.45) is 1.46. The van der Waals surface area contributed by atoms with Crippen LogP contribution >= 0.6 is 0 Å². The molecule has 3 N–H and O–H groups in total. The molecule has 7 nitrogen and oxygen atoms in total. The van der Waals surface area contributed by atoms with Crippen molar-refractivity contribution in [2.45, 2.75) is 19.0 Å². The van der Waals surface area contributed by atoms with E-state index in [4.69, 9.17) is 14.6 Å². The molecule has 0 radical (unpaired) electrons. The van der Waals surface area contributed by atoms with Gasteiger partial charge in [0.15, 0.2) is 0 Å². The molecule has 0 saturated heterocycles. The van der Waals surface area contributed by atoms with Crippen molar-refractivity contribution in [2.75, 3.05) is 13.7 Å². The Labute approximate surface area is 104 Å². The van der Waals surface area contributed by atoms with Crippen molar-refractivity contribution in [1.29, 1.82) is 0 Å². The summed E-state index contributed by atoms with van der Waals surface area (Å²) in [6, 6.07) is 1.79. The molecule has 1 heterocycles. The topological polar surface area (TPSA) is 103 Å². The summed E-state index contributed by atoms with van der Waals surface area (Å²) in [4.78, 5) is 23.8. The Hall–Kier alpha value is -2.02. The number of carbonyl (C=O) groups excluding carboxylic acids is 1. The molecule has 0 aliphatic carbocycles. The minimum absolute atomic E-state index is 0.0321. The summed E-state index contributed by atoms with van der Waals surface area (Å²) >= 11 is 0. The lowest BCUT2D eigenvalue weighted by Gasteiger charge is -2.20. The summed E-state index contributed by atoms with van der Waals surface area (Å²) in [7, 11) is 1.52. The number of nitrogens with zero attached hydrogens (tertiary/aromatic N) is 1. The van der Waals surface area contributed by atoms with E-state index in [1.54, 1.807) is 12.1 Å². The van der Waals surface area contributed by atoms with Gasteiger partial charge in [-0.1, -0.05) is 0 Å². The standard InChI is InChI=1S/C11H16N2O5/c1-13(7-8-3-2-6-18-8)11(17)12-9(4-5-14)10(15)16/h2-3,6,9,14H,4-5,7H2,1H3,(H,12,17)(H,15,16). The highest BCUT2D eigenvalue weighted by Gasteiger charge is 2.21. The van der Waals surface area contributed by atoms with Crippen molar-refractivity contribution in [1.82, 2.24) is 10.2 Å². The number of hydrogen-bond acceptors (Lipinski definition) is 4. The average molecular weight is 256 g/mol. The maximum atomic E-state index is 11.7. The lowest BCUT2D eigenvalue weighted by molar-refractivity contribution is -0.139. The van der Waals surface area contributed by atoms with Gasteiger partial charge in [-0.3, -0.25) is 0 Å². The second-order valence-corrected chi connectivity index (χ2v) is 3.79. The summed E-state index contributed by atoms with van der Waals surface area (Å²) in [6.45, 7) is -0.0660. The number of carboxylic acid groups (broad SMARTS) is 1. The summed E-state index contributed by atoms with van der Waals surface area (Å²) in [5.41, 5.74) is 0. The van der Waals surface area contributed by atoms with Crippen LogP contribution in [0.4, 0.5) is 4.79 Å². The van der Waals surface area contributed by atoms with Crippen molar-refractivity contribution in [2.24, 2.45) is 0 Å². The van der Waals surface area contributed by atoms with E-state index < -0.39 is 18.0 Å². The molecule has 1 atom stereocenters. The minimum Gasteiger partial charge on any atom is -0.480 e.